The van der Waals surface area contributed by atoms with E-state index < -0.39 is 12.7 Å². The average Bonchev–Trinajstić information content (AvgIpc) is 3.03. The molecule has 1 heterocycles. The second kappa shape index (κ2) is 9.60. The van der Waals surface area contributed by atoms with Gasteiger partial charge in [-0.3, -0.25) is 9.89 Å². The fourth-order valence-corrected chi connectivity index (χ4v) is 3.48. The largest absolute Gasteiger partial charge is 0.401 e. The number of alkyl halides is 3. The van der Waals surface area contributed by atoms with Gasteiger partial charge in [-0.15, -0.1) is 0 Å². The summed E-state index contributed by atoms with van der Waals surface area (Å²) in [4.78, 5) is 7.93. The quantitative estimate of drug-likeness (QED) is 0.546. The second-order valence-electron chi connectivity index (χ2n) is 6.57. The van der Waals surface area contributed by atoms with Crippen LogP contribution in [0.1, 0.15) is 18.9 Å². The molecule has 0 spiro atoms. The van der Waals surface area contributed by atoms with Gasteiger partial charge in [-0.2, -0.15) is 13.2 Å². The van der Waals surface area contributed by atoms with Crippen LogP contribution in [0.25, 0.3) is 0 Å². The fourth-order valence-electron chi connectivity index (χ4n) is 3.21. The van der Waals surface area contributed by atoms with E-state index in [-0.39, 0.29) is 5.92 Å². The van der Waals surface area contributed by atoms with Gasteiger partial charge in [-0.05, 0) is 36.6 Å². The van der Waals surface area contributed by atoms with Crippen molar-refractivity contribution in [2.24, 2.45) is 10.9 Å². The van der Waals surface area contributed by atoms with Crippen LogP contribution >= 0.6 is 15.9 Å². The minimum absolute atomic E-state index is 0.225. The van der Waals surface area contributed by atoms with Gasteiger partial charge in [0.25, 0.3) is 0 Å². The zero-order chi connectivity index (χ0) is 19.2. The van der Waals surface area contributed by atoms with E-state index in [1.54, 1.807) is 14.0 Å². The normalized spacial score (nSPS) is 18.7. The van der Waals surface area contributed by atoms with Crippen LogP contribution in [0.3, 0.4) is 0 Å². The summed E-state index contributed by atoms with van der Waals surface area (Å²) < 4.78 is 38.9. The van der Waals surface area contributed by atoms with Crippen LogP contribution in [-0.2, 0) is 6.54 Å². The molecule has 1 aromatic carbocycles. The average molecular weight is 435 g/mol. The molecule has 0 aliphatic carbocycles. The molecule has 0 saturated carbocycles. The zero-order valence-electron chi connectivity index (χ0n) is 15.2. The number of hydrogen-bond acceptors (Lipinski definition) is 2. The Morgan fingerprint density at radius 1 is 1.35 bits per heavy atom. The van der Waals surface area contributed by atoms with Crippen LogP contribution in [0.2, 0.25) is 0 Å². The number of nitrogens with one attached hydrogen (secondary N) is 1. The SMILES string of the molecule is CCN(CC1CCN(C(=NC)NCc2ccc(Br)cc2)C1)CC(F)(F)F. The molecular formula is C18H26BrF3N4. The molecule has 1 saturated heterocycles. The first-order valence-electron chi connectivity index (χ1n) is 8.80. The molecule has 8 heteroatoms. The van der Waals surface area contributed by atoms with Gasteiger partial charge in [0.05, 0.1) is 6.54 Å². The van der Waals surface area contributed by atoms with Crippen LogP contribution in [-0.4, -0.2) is 61.7 Å². The van der Waals surface area contributed by atoms with Gasteiger partial charge in [-0.25, -0.2) is 0 Å². The molecule has 0 amide bonds. The summed E-state index contributed by atoms with van der Waals surface area (Å²) in [5.74, 6) is 1.03. The first-order chi connectivity index (χ1) is 12.3. The van der Waals surface area contributed by atoms with E-state index in [4.69, 9.17) is 0 Å². The number of benzene rings is 1. The summed E-state index contributed by atoms with van der Waals surface area (Å²) in [7, 11) is 1.74. The van der Waals surface area contributed by atoms with Gasteiger partial charge in [-0.1, -0.05) is 35.0 Å². The lowest BCUT2D eigenvalue weighted by Gasteiger charge is -2.26. The maximum absolute atomic E-state index is 12.6. The van der Waals surface area contributed by atoms with Gasteiger partial charge < -0.3 is 10.2 Å². The fraction of sp³-hybridized carbons (Fsp3) is 0.611. The lowest BCUT2D eigenvalue weighted by Crippen LogP contribution is -2.41. The predicted molar refractivity (Wildman–Crippen MR) is 102 cm³/mol. The molecule has 26 heavy (non-hydrogen) atoms. The minimum atomic E-state index is -4.14. The molecule has 0 bridgehead atoms. The Bertz CT molecular complexity index is 589. The van der Waals surface area contributed by atoms with E-state index in [1.165, 1.54) is 4.90 Å². The highest BCUT2D eigenvalue weighted by Crippen LogP contribution is 2.21. The molecule has 146 valence electrons. The van der Waals surface area contributed by atoms with Crippen molar-refractivity contribution in [3.05, 3.63) is 34.3 Å². The smallest absolute Gasteiger partial charge is 0.352 e. The van der Waals surface area contributed by atoms with Crippen LogP contribution in [0.4, 0.5) is 13.2 Å². The lowest BCUT2D eigenvalue weighted by molar-refractivity contribution is -0.146. The number of hydrogen-bond donors (Lipinski definition) is 1. The van der Waals surface area contributed by atoms with Gasteiger partial charge >= 0.3 is 6.18 Å². The zero-order valence-corrected chi connectivity index (χ0v) is 16.8. The van der Waals surface area contributed by atoms with Crippen molar-refractivity contribution in [1.82, 2.24) is 15.1 Å². The molecule has 0 aromatic heterocycles. The Balaban J connectivity index is 1.84. The molecule has 1 aliphatic heterocycles. The number of nitrogens with zero attached hydrogens (tertiary/aromatic N) is 3. The number of halogens is 4. The topological polar surface area (TPSA) is 30.9 Å². The second-order valence-corrected chi connectivity index (χ2v) is 7.49. The van der Waals surface area contributed by atoms with Crippen LogP contribution < -0.4 is 5.32 Å². The van der Waals surface area contributed by atoms with Gasteiger partial charge in [0, 0.05) is 37.7 Å². The van der Waals surface area contributed by atoms with E-state index in [9.17, 15) is 13.2 Å². The highest BCUT2D eigenvalue weighted by Gasteiger charge is 2.32. The Labute approximate surface area is 161 Å². The Morgan fingerprint density at radius 2 is 2.04 bits per heavy atom. The summed E-state index contributed by atoms with van der Waals surface area (Å²) in [6.07, 6.45) is -3.26. The first-order valence-corrected chi connectivity index (χ1v) is 9.59. The third-order valence-electron chi connectivity index (χ3n) is 4.53. The van der Waals surface area contributed by atoms with E-state index in [0.29, 0.717) is 19.6 Å². The Morgan fingerprint density at radius 3 is 2.62 bits per heavy atom. The third-order valence-corrected chi connectivity index (χ3v) is 5.06. The molecule has 4 nitrogen and oxygen atoms in total. The number of guanidine groups is 1. The van der Waals surface area contributed by atoms with Gasteiger partial charge in [0.2, 0.25) is 0 Å². The van der Waals surface area contributed by atoms with E-state index >= 15 is 0 Å². The number of aliphatic imine (C=N–C) groups is 1. The van der Waals surface area contributed by atoms with Crippen LogP contribution in [0, 0.1) is 5.92 Å². The molecule has 1 N–H and O–H groups in total. The van der Waals surface area contributed by atoms with Crippen LogP contribution in [0.15, 0.2) is 33.7 Å². The first kappa shape index (κ1) is 21.0. The molecule has 0 radical (unpaired) electrons. The van der Waals surface area contributed by atoms with Crippen molar-refractivity contribution in [1.29, 1.82) is 0 Å². The van der Waals surface area contributed by atoms with Gasteiger partial charge in [0.15, 0.2) is 5.96 Å². The molecule has 1 aliphatic rings. The summed E-state index contributed by atoms with van der Waals surface area (Å²) >= 11 is 3.42. The Kier molecular flexibility index (Phi) is 7.76. The maximum atomic E-state index is 12.6. The summed E-state index contributed by atoms with van der Waals surface area (Å²) in [6.45, 7) is 4.02. The molecule has 1 unspecified atom stereocenters. The monoisotopic (exact) mass is 434 g/mol. The van der Waals surface area contributed by atoms with Crippen molar-refractivity contribution in [2.45, 2.75) is 26.1 Å². The molecule has 2 rings (SSSR count). The number of rotatable bonds is 6. The predicted octanol–water partition coefficient (Wildman–Crippen LogP) is 3.73. The Hall–Kier alpha value is -1.28. The van der Waals surface area contributed by atoms with Crippen molar-refractivity contribution in [3.63, 3.8) is 0 Å². The standard InChI is InChI=1S/C18H26BrF3N4/c1-3-25(13-18(20,21)22)11-15-8-9-26(12-15)17(23-2)24-10-14-4-6-16(19)7-5-14/h4-7,15H,3,8-13H2,1-2H3,(H,23,24). The summed E-state index contributed by atoms with van der Waals surface area (Å²) in [6, 6.07) is 8.05. The van der Waals surface area contributed by atoms with E-state index in [0.717, 1.165) is 35.5 Å². The number of likely N-dealkylation sites (tertiary alicyclic amines) is 1. The lowest BCUT2D eigenvalue weighted by atomic mass is 10.1. The third kappa shape index (κ3) is 6.79. The minimum Gasteiger partial charge on any atom is -0.352 e. The van der Waals surface area contributed by atoms with E-state index in [2.05, 4.69) is 31.1 Å². The molecule has 1 atom stereocenters. The van der Waals surface area contributed by atoms with Crippen molar-refractivity contribution in [3.8, 4) is 0 Å². The van der Waals surface area contributed by atoms with Crippen molar-refractivity contribution in [2.75, 3.05) is 39.8 Å². The van der Waals surface area contributed by atoms with Crippen LogP contribution in [0.5, 0.6) is 0 Å². The van der Waals surface area contributed by atoms with Crippen molar-refractivity contribution < 1.29 is 13.2 Å². The van der Waals surface area contributed by atoms with E-state index in [1.807, 2.05) is 24.3 Å². The highest BCUT2D eigenvalue weighted by atomic mass is 79.9. The maximum Gasteiger partial charge on any atom is 0.401 e. The summed E-state index contributed by atoms with van der Waals surface area (Å²) in [5.41, 5.74) is 1.15. The molecule has 1 aromatic rings. The van der Waals surface area contributed by atoms with Crippen molar-refractivity contribution >= 4 is 21.9 Å². The summed E-state index contributed by atoms with van der Waals surface area (Å²) in [5, 5.41) is 3.34. The molecule has 1 fully saturated rings. The van der Waals surface area contributed by atoms with Gasteiger partial charge in [0.1, 0.15) is 0 Å². The highest BCUT2D eigenvalue weighted by molar-refractivity contribution is 9.10. The molecular weight excluding hydrogens is 409 g/mol.